The Balaban J connectivity index is 1.75. The molecule has 3 rings (SSSR count). The molecule has 128 valence electrons. The van der Waals surface area contributed by atoms with Crippen LogP contribution in [0.3, 0.4) is 0 Å². The Morgan fingerprint density at radius 3 is 2.42 bits per heavy atom. The average molecular weight is 345 g/mol. The molecule has 5 heteroatoms. The van der Waals surface area contributed by atoms with E-state index in [1.165, 1.54) is 10.5 Å². The average Bonchev–Trinajstić information content (AvgIpc) is 2.60. The molecule has 0 spiro atoms. The van der Waals surface area contributed by atoms with Crippen molar-refractivity contribution in [1.29, 1.82) is 0 Å². The van der Waals surface area contributed by atoms with Gasteiger partial charge < -0.3 is 4.90 Å². The van der Waals surface area contributed by atoms with Gasteiger partial charge in [0, 0.05) is 0 Å². The van der Waals surface area contributed by atoms with Gasteiger partial charge in [-0.1, -0.05) is 35.9 Å². The van der Waals surface area contributed by atoms with Crippen LogP contribution in [-0.2, 0) is 10.0 Å². The third-order valence-corrected chi connectivity index (χ3v) is 6.48. The lowest BCUT2D eigenvalue weighted by atomic mass is 10.1. The van der Waals surface area contributed by atoms with Gasteiger partial charge in [-0.3, -0.25) is 0 Å². The van der Waals surface area contributed by atoms with Crippen LogP contribution in [0.25, 0.3) is 10.8 Å². The highest BCUT2D eigenvalue weighted by molar-refractivity contribution is 7.89. The lowest BCUT2D eigenvalue weighted by Gasteiger charge is -2.31. The van der Waals surface area contributed by atoms with Crippen molar-refractivity contribution < 1.29 is 13.3 Å². The summed E-state index contributed by atoms with van der Waals surface area (Å²) in [6, 6.07) is 13.2. The zero-order chi connectivity index (χ0) is 17.2. The third-order valence-electron chi connectivity index (χ3n) is 4.59. The fourth-order valence-corrected chi connectivity index (χ4v) is 4.55. The molecule has 0 saturated carbocycles. The summed E-state index contributed by atoms with van der Waals surface area (Å²) in [7, 11) is -3.40. The zero-order valence-corrected chi connectivity index (χ0v) is 15.1. The zero-order valence-electron chi connectivity index (χ0n) is 14.3. The largest absolute Gasteiger partial charge is 0.329 e. The van der Waals surface area contributed by atoms with E-state index in [-0.39, 0.29) is 0 Å². The molecule has 2 aromatic carbocycles. The molecule has 1 aliphatic rings. The fourth-order valence-electron chi connectivity index (χ4n) is 3.07. The topological polar surface area (TPSA) is 41.8 Å². The first-order valence-electron chi connectivity index (χ1n) is 8.43. The Morgan fingerprint density at radius 1 is 1.08 bits per heavy atom. The third kappa shape index (κ3) is 3.69. The first-order chi connectivity index (χ1) is 11.5. The highest BCUT2D eigenvalue weighted by atomic mass is 32.2. The Kier molecular flexibility index (Phi) is 5.04. The molecule has 24 heavy (non-hydrogen) atoms. The fraction of sp³-hybridized carbons (Fsp3) is 0.368. The van der Waals surface area contributed by atoms with Crippen LogP contribution < -0.4 is 4.90 Å². The Bertz CT molecular complexity index is 847. The van der Waals surface area contributed by atoms with Gasteiger partial charge in [-0.15, -0.1) is 0 Å². The summed E-state index contributed by atoms with van der Waals surface area (Å²) in [6.45, 7) is 8.06. The Morgan fingerprint density at radius 2 is 1.75 bits per heavy atom. The van der Waals surface area contributed by atoms with Crippen LogP contribution in [0.4, 0.5) is 0 Å². The maximum Gasteiger partial charge on any atom is 0.243 e. The number of piperazine rings is 1. The molecule has 1 fully saturated rings. The molecule has 1 heterocycles. The second-order valence-electron chi connectivity index (χ2n) is 6.65. The minimum Gasteiger partial charge on any atom is -0.329 e. The van der Waals surface area contributed by atoms with Crippen LogP contribution in [0.5, 0.6) is 0 Å². The van der Waals surface area contributed by atoms with Gasteiger partial charge in [0.25, 0.3) is 0 Å². The smallest absolute Gasteiger partial charge is 0.243 e. The molecule has 1 N–H and O–H groups in total. The number of hydrogen-bond donors (Lipinski definition) is 1. The number of nitrogens with one attached hydrogen (secondary N) is 1. The van der Waals surface area contributed by atoms with Crippen LogP contribution >= 0.6 is 0 Å². The van der Waals surface area contributed by atoms with E-state index in [4.69, 9.17) is 0 Å². The maximum atomic E-state index is 12.9. The number of quaternary nitrogens is 1. The molecule has 0 aromatic heterocycles. The maximum absolute atomic E-state index is 12.9. The summed E-state index contributed by atoms with van der Waals surface area (Å²) in [5.74, 6) is 0. The number of hydrogen-bond acceptors (Lipinski definition) is 2. The van der Waals surface area contributed by atoms with Crippen molar-refractivity contribution in [2.45, 2.75) is 18.7 Å². The first-order valence-corrected chi connectivity index (χ1v) is 9.87. The lowest BCUT2D eigenvalue weighted by molar-refractivity contribution is -0.897. The van der Waals surface area contributed by atoms with Crippen LogP contribution in [0.1, 0.15) is 13.8 Å². The van der Waals surface area contributed by atoms with Crippen molar-refractivity contribution in [2.24, 2.45) is 0 Å². The van der Waals surface area contributed by atoms with Gasteiger partial charge in [0.05, 0.1) is 37.6 Å². The quantitative estimate of drug-likeness (QED) is 0.857. The van der Waals surface area contributed by atoms with Gasteiger partial charge >= 0.3 is 0 Å². The predicted octanol–water partition coefficient (Wildman–Crippen LogP) is 1.70. The molecule has 0 unspecified atom stereocenters. The first kappa shape index (κ1) is 17.1. The second kappa shape index (κ2) is 7.05. The SMILES string of the molecule is CC(C)=CC[NH+]1CCN(S(=O)(=O)c2ccc3ccccc3c2)CC1. The minimum absolute atomic E-state index is 0.397. The van der Waals surface area contributed by atoms with Gasteiger partial charge in [0.15, 0.2) is 0 Å². The summed E-state index contributed by atoms with van der Waals surface area (Å²) in [5, 5.41) is 2.03. The summed E-state index contributed by atoms with van der Waals surface area (Å²) in [6.07, 6.45) is 2.23. The van der Waals surface area contributed by atoms with Crippen LogP contribution in [-0.4, -0.2) is 45.4 Å². The molecule has 0 aliphatic carbocycles. The summed E-state index contributed by atoms with van der Waals surface area (Å²) in [5.41, 5.74) is 1.31. The predicted molar refractivity (Wildman–Crippen MR) is 97.7 cm³/mol. The molecule has 1 saturated heterocycles. The van der Waals surface area contributed by atoms with E-state index in [1.54, 1.807) is 16.4 Å². The van der Waals surface area contributed by atoms with Gasteiger partial charge in [0.1, 0.15) is 0 Å². The Labute approximate surface area is 144 Å². The summed E-state index contributed by atoms with van der Waals surface area (Å²) in [4.78, 5) is 1.84. The van der Waals surface area contributed by atoms with Crippen molar-refractivity contribution in [3.8, 4) is 0 Å². The molecule has 0 radical (unpaired) electrons. The van der Waals surface area contributed by atoms with Crippen molar-refractivity contribution in [1.82, 2.24) is 4.31 Å². The monoisotopic (exact) mass is 345 g/mol. The standard InChI is InChI=1S/C19H24N2O2S/c1-16(2)9-10-20-11-13-21(14-12-20)24(22,23)19-8-7-17-5-3-4-6-18(17)15-19/h3-9,15H,10-14H2,1-2H3/p+1. The van der Waals surface area contributed by atoms with Gasteiger partial charge in [-0.25, -0.2) is 8.42 Å². The molecular formula is C19H25N2O2S+. The number of rotatable bonds is 4. The minimum atomic E-state index is -3.40. The number of allylic oxidation sites excluding steroid dienone is 1. The molecule has 1 aliphatic heterocycles. The highest BCUT2D eigenvalue weighted by Gasteiger charge is 2.30. The van der Waals surface area contributed by atoms with E-state index in [0.29, 0.717) is 18.0 Å². The van der Waals surface area contributed by atoms with Crippen molar-refractivity contribution >= 4 is 20.8 Å². The lowest BCUT2D eigenvalue weighted by Crippen LogP contribution is -3.14. The van der Waals surface area contributed by atoms with E-state index < -0.39 is 10.0 Å². The van der Waals surface area contributed by atoms with Crippen molar-refractivity contribution in [3.63, 3.8) is 0 Å². The second-order valence-corrected chi connectivity index (χ2v) is 8.59. The number of nitrogens with zero attached hydrogens (tertiary/aromatic N) is 1. The summed E-state index contributed by atoms with van der Waals surface area (Å²) >= 11 is 0. The van der Waals surface area contributed by atoms with E-state index >= 15 is 0 Å². The van der Waals surface area contributed by atoms with Crippen molar-refractivity contribution in [2.75, 3.05) is 32.7 Å². The van der Waals surface area contributed by atoms with Crippen molar-refractivity contribution in [3.05, 3.63) is 54.1 Å². The molecule has 0 bridgehead atoms. The molecule has 0 amide bonds. The van der Waals surface area contributed by atoms with E-state index in [0.717, 1.165) is 30.4 Å². The number of sulfonamides is 1. The van der Waals surface area contributed by atoms with E-state index in [2.05, 4.69) is 19.9 Å². The Hall–Kier alpha value is -1.69. The number of benzene rings is 2. The van der Waals surface area contributed by atoms with Crippen LogP contribution in [0.15, 0.2) is 59.0 Å². The molecule has 0 atom stereocenters. The number of fused-ring (bicyclic) bond motifs is 1. The van der Waals surface area contributed by atoms with E-state index in [1.807, 2.05) is 30.3 Å². The van der Waals surface area contributed by atoms with Gasteiger partial charge in [0.2, 0.25) is 10.0 Å². The highest BCUT2D eigenvalue weighted by Crippen LogP contribution is 2.21. The van der Waals surface area contributed by atoms with E-state index in [9.17, 15) is 8.42 Å². The summed E-state index contributed by atoms with van der Waals surface area (Å²) < 4.78 is 27.4. The normalized spacial score (nSPS) is 17.1. The van der Waals surface area contributed by atoms with Gasteiger partial charge in [-0.2, -0.15) is 4.31 Å². The molecular weight excluding hydrogens is 320 g/mol. The van der Waals surface area contributed by atoms with Crippen LogP contribution in [0, 0.1) is 0 Å². The van der Waals surface area contributed by atoms with Gasteiger partial charge in [-0.05, 0) is 42.8 Å². The molecule has 4 nitrogen and oxygen atoms in total. The van der Waals surface area contributed by atoms with Crippen LogP contribution in [0.2, 0.25) is 0 Å². The molecule has 2 aromatic rings.